The fourth-order valence-corrected chi connectivity index (χ4v) is 2.14. The van der Waals surface area contributed by atoms with Crippen molar-refractivity contribution in [1.82, 2.24) is 5.32 Å². The van der Waals surface area contributed by atoms with Crippen molar-refractivity contribution in [1.29, 1.82) is 0 Å². The van der Waals surface area contributed by atoms with E-state index in [0.29, 0.717) is 0 Å². The topological polar surface area (TPSA) is 99.6 Å². The number of amides is 1. The molecule has 0 fully saturated rings. The van der Waals surface area contributed by atoms with E-state index in [1.165, 1.54) is 19.2 Å². The highest BCUT2D eigenvalue weighted by molar-refractivity contribution is 6.01. The molecule has 26 heavy (non-hydrogen) atoms. The van der Waals surface area contributed by atoms with E-state index in [-0.39, 0.29) is 29.4 Å². The first-order valence-corrected chi connectivity index (χ1v) is 7.50. The molecule has 9 heteroatoms. The van der Waals surface area contributed by atoms with Crippen LogP contribution in [-0.4, -0.2) is 25.4 Å². The van der Waals surface area contributed by atoms with E-state index in [4.69, 9.17) is 20.9 Å². The van der Waals surface area contributed by atoms with Crippen LogP contribution in [0.15, 0.2) is 42.5 Å². The summed E-state index contributed by atoms with van der Waals surface area (Å²) in [4.78, 5) is 12.0. The van der Waals surface area contributed by atoms with Gasteiger partial charge < -0.3 is 26.3 Å². The van der Waals surface area contributed by atoms with Crippen molar-refractivity contribution in [2.24, 2.45) is 5.73 Å². The van der Waals surface area contributed by atoms with Crippen LogP contribution in [0.1, 0.15) is 15.9 Å². The Kier molecular flexibility index (Phi) is 5.93. The monoisotopic (exact) mass is 369 g/mol. The summed E-state index contributed by atoms with van der Waals surface area (Å²) in [5, 5.41) is 1.64. The van der Waals surface area contributed by atoms with Crippen LogP contribution in [0.2, 0.25) is 0 Å². The molecule has 0 spiro atoms. The molecule has 0 bridgehead atoms. The van der Waals surface area contributed by atoms with Crippen molar-refractivity contribution in [3.63, 3.8) is 0 Å². The lowest BCUT2D eigenvalue weighted by Gasteiger charge is -2.19. The molecule has 0 aromatic heterocycles. The Morgan fingerprint density at radius 2 is 1.85 bits per heavy atom. The maximum Gasteiger partial charge on any atom is 0.421 e. The number of anilines is 1. The van der Waals surface area contributed by atoms with Gasteiger partial charge in [0.1, 0.15) is 6.61 Å². The van der Waals surface area contributed by atoms with E-state index < -0.39 is 18.2 Å². The molecule has 2 rings (SSSR count). The van der Waals surface area contributed by atoms with Crippen LogP contribution in [0.5, 0.6) is 11.5 Å². The average molecular weight is 369 g/mol. The van der Waals surface area contributed by atoms with Gasteiger partial charge in [-0.3, -0.25) is 4.79 Å². The quantitative estimate of drug-likeness (QED) is 0.536. The number of hydrogen-bond acceptors (Lipinski definition) is 5. The van der Waals surface area contributed by atoms with Gasteiger partial charge in [-0.15, -0.1) is 0 Å². The first-order chi connectivity index (χ1) is 12.2. The smallest absolute Gasteiger partial charge is 0.421 e. The Morgan fingerprint density at radius 3 is 2.42 bits per heavy atom. The van der Waals surface area contributed by atoms with Gasteiger partial charge in [0.05, 0.1) is 18.4 Å². The van der Waals surface area contributed by atoms with Crippen molar-refractivity contribution >= 4 is 11.6 Å². The number of methoxy groups -OCH3 is 1. The second kappa shape index (κ2) is 7.96. The molecule has 0 saturated carbocycles. The van der Waals surface area contributed by atoms with Crippen LogP contribution >= 0.6 is 0 Å². The molecule has 6 nitrogen and oxygen atoms in total. The van der Waals surface area contributed by atoms with E-state index in [1.54, 1.807) is 5.32 Å². The molecule has 140 valence electrons. The van der Waals surface area contributed by atoms with Crippen LogP contribution in [0.25, 0.3) is 0 Å². The minimum atomic E-state index is -4.77. The van der Waals surface area contributed by atoms with Gasteiger partial charge in [0.15, 0.2) is 17.7 Å². The molecule has 0 aliphatic rings. The summed E-state index contributed by atoms with van der Waals surface area (Å²) in [5.74, 6) is -0.764. The fraction of sp³-hybridized carbons (Fsp3) is 0.235. The standard InChI is InChI=1S/C17H18F3N3O3/c1-25-14-12(26-9-10-5-3-2-4-6-10)8-7-11(13(14)21)15(24)23-16(22)17(18,19)20/h2-8,16H,9,21-22H2,1H3,(H,23,24). The molecule has 2 aromatic rings. The number of ether oxygens (including phenoxy) is 2. The van der Waals surface area contributed by atoms with E-state index >= 15 is 0 Å². The Morgan fingerprint density at radius 1 is 1.19 bits per heavy atom. The van der Waals surface area contributed by atoms with E-state index in [9.17, 15) is 18.0 Å². The molecule has 5 N–H and O–H groups in total. The third kappa shape index (κ3) is 4.57. The second-order valence-corrected chi connectivity index (χ2v) is 5.33. The molecule has 1 amide bonds. The number of rotatable bonds is 6. The van der Waals surface area contributed by atoms with Gasteiger partial charge >= 0.3 is 6.18 Å². The Labute approximate surface area is 147 Å². The molecule has 0 heterocycles. The fourth-order valence-electron chi connectivity index (χ4n) is 2.14. The Hall–Kier alpha value is -2.94. The Balaban J connectivity index is 2.19. The van der Waals surface area contributed by atoms with E-state index in [0.717, 1.165) is 5.56 Å². The normalized spacial score (nSPS) is 12.3. The first kappa shape index (κ1) is 19.4. The molecule has 1 unspecified atom stereocenters. The summed E-state index contributed by atoms with van der Waals surface area (Å²) < 4.78 is 48.2. The van der Waals surface area contributed by atoms with Crippen LogP contribution in [0, 0.1) is 0 Å². The molecule has 0 aliphatic heterocycles. The van der Waals surface area contributed by atoms with Gasteiger partial charge in [0.2, 0.25) is 0 Å². The third-order valence-corrected chi connectivity index (χ3v) is 3.49. The third-order valence-electron chi connectivity index (χ3n) is 3.49. The summed E-state index contributed by atoms with van der Waals surface area (Å²) in [6.07, 6.45) is -7.28. The Bertz CT molecular complexity index is 767. The van der Waals surface area contributed by atoms with E-state index in [2.05, 4.69) is 0 Å². The lowest BCUT2D eigenvalue weighted by Crippen LogP contribution is -2.51. The molecule has 0 aliphatic carbocycles. The number of carbonyl (C=O) groups excluding carboxylic acids is 1. The largest absolute Gasteiger partial charge is 0.491 e. The first-order valence-electron chi connectivity index (χ1n) is 7.50. The number of halogens is 3. The minimum absolute atomic E-state index is 0.0501. The zero-order valence-corrected chi connectivity index (χ0v) is 13.8. The zero-order valence-electron chi connectivity index (χ0n) is 13.8. The van der Waals surface area contributed by atoms with Gasteiger partial charge in [0, 0.05) is 0 Å². The molecule has 0 radical (unpaired) electrons. The molecule has 0 saturated heterocycles. The highest BCUT2D eigenvalue weighted by Crippen LogP contribution is 2.36. The maximum absolute atomic E-state index is 12.5. The number of carbonyl (C=O) groups is 1. The highest BCUT2D eigenvalue weighted by Gasteiger charge is 2.38. The number of nitrogens with one attached hydrogen (secondary N) is 1. The van der Waals surface area contributed by atoms with Crippen LogP contribution in [-0.2, 0) is 6.61 Å². The van der Waals surface area contributed by atoms with Gasteiger partial charge in [-0.2, -0.15) is 13.2 Å². The number of alkyl halides is 3. The van der Waals surface area contributed by atoms with Crippen molar-refractivity contribution in [2.75, 3.05) is 12.8 Å². The van der Waals surface area contributed by atoms with Gasteiger partial charge in [-0.1, -0.05) is 30.3 Å². The lowest BCUT2D eigenvalue weighted by atomic mass is 10.1. The summed E-state index contributed by atoms with van der Waals surface area (Å²) in [6.45, 7) is 0.223. The van der Waals surface area contributed by atoms with Gasteiger partial charge in [-0.25, -0.2) is 0 Å². The second-order valence-electron chi connectivity index (χ2n) is 5.33. The van der Waals surface area contributed by atoms with Gasteiger partial charge in [-0.05, 0) is 17.7 Å². The summed E-state index contributed by atoms with van der Waals surface area (Å²) in [5.41, 5.74) is 11.3. The predicted octanol–water partition coefficient (Wildman–Crippen LogP) is 2.43. The van der Waals surface area contributed by atoms with Crippen molar-refractivity contribution in [2.45, 2.75) is 18.9 Å². The molecule has 1 atom stereocenters. The van der Waals surface area contributed by atoms with Crippen LogP contribution in [0.3, 0.4) is 0 Å². The zero-order chi connectivity index (χ0) is 19.3. The summed E-state index contributed by atoms with van der Waals surface area (Å²) in [7, 11) is 1.31. The summed E-state index contributed by atoms with van der Waals surface area (Å²) in [6, 6.07) is 11.9. The van der Waals surface area contributed by atoms with Crippen molar-refractivity contribution in [3.8, 4) is 11.5 Å². The number of benzene rings is 2. The predicted molar refractivity (Wildman–Crippen MR) is 89.7 cm³/mol. The number of hydrogen-bond donors (Lipinski definition) is 3. The van der Waals surface area contributed by atoms with Crippen molar-refractivity contribution < 1.29 is 27.4 Å². The molecular formula is C17H18F3N3O3. The number of nitrogen functional groups attached to an aromatic ring is 1. The van der Waals surface area contributed by atoms with E-state index in [1.807, 2.05) is 30.3 Å². The van der Waals surface area contributed by atoms with Crippen molar-refractivity contribution in [3.05, 3.63) is 53.6 Å². The summed E-state index contributed by atoms with van der Waals surface area (Å²) >= 11 is 0. The highest BCUT2D eigenvalue weighted by atomic mass is 19.4. The van der Waals surface area contributed by atoms with Gasteiger partial charge in [0.25, 0.3) is 5.91 Å². The molecular weight excluding hydrogens is 351 g/mol. The maximum atomic E-state index is 12.5. The number of nitrogens with two attached hydrogens (primary N) is 2. The minimum Gasteiger partial charge on any atom is -0.491 e. The molecule has 2 aromatic carbocycles. The average Bonchev–Trinajstić information content (AvgIpc) is 2.59. The lowest BCUT2D eigenvalue weighted by molar-refractivity contribution is -0.152. The SMILES string of the molecule is COc1c(OCc2ccccc2)ccc(C(=O)NC(N)C(F)(F)F)c1N. The van der Waals surface area contributed by atoms with Crippen LogP contribution in [0.4, 0.5) is 18.9 Å². The van der Waals surface area contributed by atoms with Crippen LogP contribution < -0.4 is 26.3 Å².